The molecule has 7 nitrogen and oxygen atoms in total. The Morgan fingerprint density at radius 1 is 1.08 bits per heavy atom. The highest BCUT2D eigenvalue weighted by Crippen LogP contribution is 2.25. The number of fused-ring (bicyclic) bond motifs is 1. The third-order valence-corrected chi connectivity index (χ3v) is 6.96. The number of H-pyrrole nitrogens is 1. The van der Waals surface area contributed by atoms with E-state index in [4.69, 9.17) is 9.72 Å². The number of ether oxygens (including phenoxy) is 1. The smallest absolute Gasteiger partial charge is 0.262 e. The van der Waals surface area contributed by atoms with Gasteiger partial charge in [0.25, 0.3) is 5.91 Å². The normalized spacial score (nSPS) is 15.0. The second-order valence-electron chi connectivity index (χ2n) is 9.73. The molecule has 3 N–H and O–H groups in total. The molecule has 1 saturated heterocycles. The molecule has 0 spiro atoms. The quantitative estimate of drug-likeness (QED) is 0.280. The van der Waals surface area contributed by atoms with E-state index in [9.17, 15) is 4.79 Å². The van der Waals surface area contributed by atoms with Gasteiger partial charge in [0.2, 0.25) is 0 Å². The van der Waals surface area contributed by atoms with Crippen molar-refractivity contribution >= 4 is 28.3 Å². The molecular formula is C30H35N5O2. The fraction of sp³-hybridized carbons (Fsp3) is 0.333. The maximum Gasteiger partial charge on any atom is 0.262 e. The lowest BCUT2D eigenvalue weighted by molar-refractivity contribution is -0.118. The molecule has 1 atom stereocenters. The second-order valence-corrected chi connectivity index (χ2v) is 9.73. The van der Waals surface area contributed by atoms with Gasteiger partial charge in [-0.3, -0.25) is 4.79 Å². The summed E-state index contributed by atoms with van der Waals surface area (Å²) in [5.41, 5.74) is 5.32. The van der Waals surface area contributed by atoms with Crippen molar-refractivity contribution in [3.05, 3.63) is 84.2 Å². The molecular weight excluding hydrogens is 462 g/mol. The number of carbonyl (C=O) groups is 1. The molecule has 37 heavy (non-hydrogen) atoms. The van der Waals surface area contributed by atoms with Gasteiger partial charge < -0.3 is 25.3 Å². The van der Waals surface area contributed by atoms with E-state index in [1.54, 1.807) is 0 Å². The average molecular weight is 498 g/mol. The number of amides is 1. The molecule has 192 valence electrons. The second kappa shape index (κ2) is 11.5. The predicted octanol–water partition coefficient (Wildman–Crippen LogP) is 5.60. The Kier molecular flexibility index (Phi) is 7.70. The Morgan fingerprint density at radius 3 is 2.57 bits per heavy atom. The van der Waals surface area contributed by atoms with Crippen LogP contribution in [0.1, 0.15) is 43.6 Å². The summed E-state index contributed by atoms with van der Waals surface area (Å²) in [6, 6.07) is 24.5. The van der Waals surface area contributed by atoms with Crippen LogP contribution in [0.5, 0.6) is 5.75 Å². The van der Waals surface area contributed by atoms with Crippen LogP contribution in [0.3, 0.4) is 0 Å². The van der Waals surface area contributed by atoms with Gasteiger partial charge in [0, 0.05) is 30.5 Å². The van der Waals surface area contributed by atoms with Crippen molar-refractivity contribution in [1.82, 2.24) is 15.3 Å². The maximum absolute atomic E-state index is 12.2. The minimum atomic E-state index is -0.173. The van der Waals surface area contributed by atoms with E-state index in [0.29, 0.717) is 11.8 Å². The Bertz CT molecular complexity index is 1310. The third-order valence-electron chi connectivity index (χ3n) is 6.96. The number of nitrogens with zero attached hydrogens (tertiary/aromatic N) is 2. The lowest BCUT2D eigenvalue weighted by atomic mass is 10.0. The van der Waals surface area contributed by atoms with Gasteiger partial charge in [-0.15, -0.1) is 0 Å². The molecule has 1 aliphatic heterocycles. The minimum Gasteiger partial charge on any atom is -0.484 e. The number of aryl methyl sites for hydroxylation is 1. The van der Waals surface area contributed by atoms with Gasteiger partial charge in [0.15, 0.2) is 6.61 Å². The molecule has 0 bridgehead atoms. The Hall–Kier alpha value is -3.84. The zero-order chi connectivity index (χ0) is 25.6. The number of aromatic nitrogens is 2. The fourth-order valence-electron chi connectivity index (χ4n) is 4.91. The summed E-state index contributed by atoms with van der Waals surface area (Å²) in [5, 5.41) is 6.75. The Labute approximate surface area is 218 Å². The van der Waals surface area contributed by atoms with Crippen LogP contribution >= 0.6 is 0 Å². The van der Waals surface area contributed by atoms with E-state index in [1.807, 2.05) is 42.5 Å². The first kappa shape index (κ1) is 24.8. The molecule has 0 saturated carbocycles. The molecule has 2 heterocycles. The molecule has 0 aliphatic carbocycles. The number of aromatic amines is 1. The highest BCUT2D eigenvalue weighted by molar-refractivity contribution is 5.92. The summed E-state index contributed by atoms with van der Waals surface area (Å²) in [7, 11) is 0. The number of carbonyl (C=O) groups excluding carboxylic acids is 1. The lowest BCUT2D eigenvalue weighted by Gasteiger charge is -2.35. The van der Waals surface area contributed by atoms with Crippen LogP contribution < -0.4 is 20.3 Å². The summed E-state index contributed by atoms with van der Waals surface area (Å²) in [4.78, 5) is 23.0. The molecule has 3 aromatic carbocycles. The summed E-state index contributed by atoms with van der Waals surface area (Å²) < 4.78 is 5.52. The number of hydrogen-bond donors (Lipinski definition) is 3. The van der Waals surface area contributed by atoms with E-state index in [2.05, 4.69) is 64.7 Å². The largest absolute Gasteiger partial charge is 0.484 e. The first-order valence-corrected chi connectivity index (χ1v) is 13.1. The van der Waals surface area contributed by atoms with Crippen molar-refractivity contribution < 1.29 is 9.53 Å². The lowest BCUT2D eigenvalue weighted by Crippen LogP contribution is -2.43. The maximum atomic E-state index is 12.2. The van der Waals surface area contributed by atoms with Crippen molar-refractivity contribution in [1.29, 1.82) is 0 Å². The topological polar surface area (TPSA) is 82.3 Å². The fourth-order valence-corrected chi connectivity index (χ4v) is 4.91. The van der Waals surface area contributed by atoms with Gasteiger partial charge in [-0.1, -0.05) is 31.2 Å². The van der Waals surface area contributed by atoms with Crippen LogP contribution in [-0.2, 0) is 4.79 Å². The number of anilines is 2. The minimum absolute atomic E-state index is 0.0152. The van der Waals surface area contributed by atoms with Crippen LogP contribution in [0.2, 0.25) is 0 Å². The van der Waals surface area contributed by atoms with Crippen molar-refractivity contribution in [2.24, 2.45) is 0 Å². The third kappa shape index (κ3) is 6.30. The number of rotatable bonds is 9. The van der Waals surface area contributed by atoms with Gasteiger partial charge in [0.05, 0.1) is 17.1 Å². The molecule has 1 amide bonds. The van der Waals surface area contributed by atoms with Crippen molar-refractivity contribution in [2.75, 3.05) is 29.9 Å². The van der Waals surface area contributed by atoms with Gasteiger partial charge in [0.1, 0.15) is 11.6 Å². The predicted molar refractivity (Wildman–Crippen MR) is 149 cm³/mol. The highest BCUT2D eigenvalue weighted by Gasteiger charge is 2.23. The van der Waals surface area contributed by atoms with Gasteiger partial charge in [-0.25, -0.2) is 4.98 Å². The summed E-state index contributed by atoms with van der Waals surface area (Å²) in [6.07, 6.45) is 3.14. The Morgan fingerprint density at radius 2 is 1.84 bits per heavy atom. The van der Waals surface area contributed by atoms with Crippen molar-refractivity contribution in [3.63, 3.8) is 0 Å². The number of nitrogens with one attached hydrogen (secondary N) is 3. The van der Waals surface area contributed by atoms with Crippen LogP contribution in [0.25, 0.3) is 11.0 Å². The van der Waals surface area contributed by atoms with E-state index >= 15 is 0 Å². The van der Waals surface area contributed by atoms with Gasteiger partial charge in [-0.2, -0.15) is 0 Å². The zero-order valence-corrected chi connectivity index (χ0v) is 21.5. The highest BCUT2D eigenvalue weighted by atomic mass is 16.5. The first-order chi connectivity index (χ1) is 18.1. The monoisotopic (exact) mass is 497 g/mol. The number of hydrogen-bond acceptors (Lipinski definition) is 5. The molecule has 5 rings (SSSR count). The zero-order valence-electron chi connectivity index (χ0n) is 21.5. The number of para-hydroxylation sites is 1. The van der Waals surface area contributed by atoms with Crippen molar-refractivity contribution in [2.45, 2.75) is 45.2 Å². The molecule has 0 radical (unpaired) electrons. The standard InChI is InChI=1S/C30H35N5O2/c1-3-26(30-33-27-14-9-21(2)19-28(27)34-30)31-23-15-17-35(18-16-23)24-12-10-22(11-13-24)32-29(36)20-37-25-7-5-4-6-8-25/h4-14,19,23,26,31H,3,15-18,20H2,1-2H3,(H,32,36)(H,33,34). The van der Waals surface area contributed by atoms with E-state index in [-0.39, 0.29) is 18.6 Å². The molecule has 4 aromatic rings. The van der Waals surface area contributed by atoms with Crippen LogP contribution in [0.4, 0.5) is 11.4 Å². The van der Waals surface area contributed by atoms with Gasteiger partial charge in [-0.05, 0) is 80.3 Å². The summed E-state index contributed by atoms with van der Waals surface area (Å²) >= 11 is 0. The van der Waals surface area contributed by atoms with Crippen LogP contribution in [0, 0.1) is 6.92 Å². The SMILES string of the molecule is CCC(NC1CCN(c2ccc(NC(=O)COc3ccccc3)cc2)CC1)c1nc2ccc(C)cc2[nH]1. The summed E-state index contributed by atoms with van der Waals surface area (Å²) in [6.45, 7) is 6.28. The van der Waals surface area contributed by atoms with Crippen LogP contribution in [-0.4, -0.2) is 41.6 Å². The molecule has 1 aliphatic rings. The number of piperidine rings is 1. The average Bonchev–Trinajstić information content (AvgIpc) is 3.35. The molecule has 1 aromatic heterocycles. The molecule has 1 unspecified atom stereocenters. The van der Waals surface area contributed by atoms with E-state index in [0.717, 1.165) is 54.9 Å². The van der Waals surface area contributed by atoms with Crippen LogP contribution in [0.15, 0.2) is 72.8 Å². The molecule has 1 fully saturated rings. The van der Waals surface area contributed by atoms with Crippen molar-refractivity contribution in [3.8, 4) is 5.75 Å². The van der Waals surface area contributed by atoms with E-state index < -0.39 is 0 Å². The van der Waals surface area contributed by atoms with E-state index in [1.165, 1.54) is 11.3 Å². The summed E-state index contributed by atoms with van der Waals surface area (Å²) in [5.74, 6) is 1.54. The Balaban J connectivity index is 1.10. The molecule has 7 heteroatoms. The first-order valence-electron chi connectivity index (χ1n) is 13.1. The van der Waals surface area contributed by atoms with Gasteiger partial charge >= 0.3 is 0 Å². The number of benzene rings is 3. The number of imidazole rings is 1.